The number of hydrogen-bond acceptors (Lipinski definition) is 3. The van der Waals surface area contributed by atoms with Gasteiger partial charge in [0.25, 0.3) is 0 Å². The molecule has 1 aliphatic heterocycles. The van der Waals surface area contributed by atoms with Gasteiger partial charge in [0.15, 0.2) is 0 Å². The highest BCUT2D eigenvalue weighted by atomic mass is 32.2. The standard InChI is InChI=1S/C20H24FN3OS/c1-15-13-18(7-8-19(15)24-9-11-26-12-10-24)22-20(25)23(2)14-16-3-5-17(21)6-4-16/h3-8,13H,9-12,14H2,1-2H3,(H,22,25). The number of urea groups is 1. The van der Waals surface area contributed by atoms with Crippen LogP contribution in [0.25, 0.3) is 0 Å². The van der Waals surface area contributed by atoms with Crippen molar-refractivity contribution in [2.45, 2.75) is 13.5 Å². The smallest absolute Gasteiger partial charge is 0.321 e. The summed E-state index contributed by atoms with van der Waals surface area (Å²) < 4.78 is 13.0. The number of anilines is 2. The fraction of sp³-hybridized carbons (Fsp3) is 0.350. The fourth-order valence-electron chi connectivity index (χ4n) is 3.05. The van der Waals surface area contributed by atoms with Gasteiger partial charge in [-0.1, -0.05) is 12.1 Å². The molecule has 26 heavy (non-hydrogen) atoms. The van der Waals surface area contributed by atoms with Crippen molar-refractivity contribution in [3.8, 4) is 0 Å². The lowest BCUT2D eigenvalue weighted by atomic mass is 10.1. The Morgan fingerprint density at radius 2 is 1.88 bits per heavy atom. The van der Waals surface area contributed by atoms with Crippen LogP contribution in [-0.2, 0) is 6.54 Å². The number of nitrogens with zero attached hydrogens (tertiary/aromatic N) is 2. The average Bonchev–Trinajstić information content (AvgIpc) is 2.64. The second-order valence-electron chi connectivity index (χ2n) is 6.51. The van der Waals surface area contributed by atoms with Crippen molar-refractivity contribution in [2.75, 3.05) is 41.9 Å². The van der Waals surface area contributed by atoms with Gasteiger partial charge in [-0.3, -0.25) is 0 Å². The van der Waals surface area contributed by atoms with Crippen LogP contribution in [-0.4, -0.2) is 42.6 Å². The molecule has 6 heteroatoms. The van der Waals surface area contributed by atoms with E-state index in [-0.39, 0.29) is 11.8 Å². The lowest BCUT2D eigenvalue weighted by molar-refractivity contribution is 0.220. The van der Waals surface area contributed by atoms with Crippen LogP contribution in [0.5, 0.6) is 0 Å². The minimum absolute atomic E-state index is 0.184. The van der Waals surface area contributed by atoms with E-state index < -0.39 is 0 Å². The first-order valence-corrected chi connectivity index (χ1v) is 9.88. The molecule has 0 spiro atoms. The summed E-state index contributed by atoms with van der Waals surface area (Å²) in [5, 5.41) is 2.93. The first-order chi connectivity index (χ1) is 12.5. The maximum atomic E-state index is 13.0. The molecule has 0 radical (unpaired) electrons. The van der Waals surface area contributed by atoms with Crippen molar-refractivity contribution in [1.29, 1.82) is 0 Å². The number of carbonyl (C=O) groups excluding carboxylic acids is 1. The Labute approximate surface area is 158 Å². The van der Waals surface area contributed by atoms with E-state index in [2.05, 4.69) is 23.2 Å². The van der Waals surface area contributed by atoms with E-state index in [0.717, 1.165) is 41.4 Å². The topological polar surface area (TPSA) is 35.6 Å². The molecule has 0 unspecified atom stereocenters. The number of halogens is 1. The van der Waals surface area contributed by atoms with Crippen LogP contribution in [0.2, 0.25) is 0 Å². The van der Waals surface area contributed by atoms with Gasteiger partial charge in [-0.15, -0.1) is 0 Å². The summed E-state index contributed by atoms with van der Waals surface area (Å²) in [6.45, 7) is 4.64. The van der Waals surface area contributed by atoms with Crippen LogP contribution in [0.15, 0.2) is 42.5 Å². The lowest BCUT2D eigenvalue weighted by Gasteiger charge is -2.30. The molecule has 0 aliphatic carbocycles. The number of amides is 2. The van der Waals surface area contributed by atoms with Crippen molar-refractivity contribution < 1.29 is 9.18 Å². The number of hydrogen-bond donors (Lipinski definition) is 1. The van der Waals surface area contributed by atoms with Crippen LogP contribution in [0.1, 0.15) is 11.1 Å². The second kappa shape index (κ2) is 8.45. The lowest BCUT2D eigenvalue weighted by Crippen LogP contribution is -2.33. The number of benzene rings is 2. The Morgan fingerprint density at radius 3 is 2.54 bits per heavy atom. The van der Waals surface area contributed by atoms with Gasteiger partial charge in [0, 0.05) is 49.6 Å². The third-order valence-electron chi connectivity index (χ3n) is 4.48. The van der Waals surface area contributed by atoms with Crippen molar-refractivity contribution >= 4 is 29.2 Å². The molecule has 2 aromatic rings. The summed E-state index contributed by atoms with van der Waals surface area (Å²) in [5.74, 6) is 2.04. The van der Waals surface area contributed by atoms with Crippen molar-refractivity contribution in [3.05, 3.63) is 59.4 Å². The second-order valence-corrected chi connectivity index (χ2v) is 7.74. The van der Waals surface area contributed by atoms with Gasteiger partial charge >= 0.3 is 6.03 Å². The highest BCUT2D eigenvalue weighted by Gasteiger charge is 2.15. The molecular formula is C20H24FN3OS. The summed E-state index contributed by atoms with van der Waals surface area (Å²) in [7, 11) is 1.73. The number of nitrogens with one attached hydrogen (secondary N) is 1. The van der Waals surface area contributed by atoms with E-state index >= 15 is 0 Å². The summed E-state index contributed by atoms with van der Waals surface area (Å²) in [6, 6.07) is 12.1. The van der Waals surface area contributed by atoms with Gasteiger partial charge in [-0.2, -0.15) is 11.8 Å². The van der Waals surface area contributed by atoms with Gasteiger partial charge in [-0.05, 0) is 48.4 Å². The molecule has 2 aromatic carbocycles. The summed E-state index contributed by atoms with van der Waals surface area (Å²) in [4.78, 5) is 16.4. The third-order valence-corrected chi connectivity index (χ3v) is 5.42. The Hall–Kier alpha value is -2.21. The normalized spacial score (nSPS) is 14.2. The molecule has 2 amide bonds. The summed E-state index contributed by atoms with van der Waals surface area (Å²) >= 11 is 1.99. The van der Waals surface area contributed by atoms with Gasteiger partial charge in [-0.25, -0.2) is 9.18 Å². The molecular weight excluding hydrogens is 349 g/mol. The van der Waals surface area contributed by atoms with Crippen molar-refractivity contribution in [2.24, 2.45) is 0 Å². The average molecular weight is 373 g/mol. The number of carbonyl (C=O) groups is 1. The number of rotatable bonds is 4. The third kappa shape index (κ3) is 4.69. The number of aryl methyl sites for hydroxylation is 1. The van der Waals surface area contributed by atoms with Gasteiger partial charge in [0.2, 0.25) is 0 Å². The molecule has 0 bridgehead atoms. The minimum atomic E-state index is -0.274. The molecule has 3 rings (SSSR count). The summed E-state index contributed by atoms with van der Waals surface area (Å²) in [5.41, 5.74) is 4.07. The fourth-order valence-corrected chi connectivity index (χ4v) is 3.95. The molecule has 138 valence electrons. The molecule has 1 heterocycles. The van der Waals surface area contributed by atoms with Gasteiger partial charge in [0.1, 0.15) is 5.82 Å². The molecule has 4 nitrogen and oxygen atoms in total. The van der Waals surface area contributed by atoms with E-state index in [0.29, 0.717) is 6.54 Å². The minimum Gasteiger partial charge on any atom is -0.370 e. The molecule has 1 aliphatic rings. The zero-order chi connectivity index (χ0) is 18.5. The first-order valence-electron chi connectivity index (χ1n) is 8.73. The maximum Gasteiger partial charge on any atom is 0.321 e. The molecule has 0 saturated carbocycles. The SMILES string of the molecule is Cc1cc(NC(=O)N(C)Cc2ccc(F)cc2)ccc1N1CCSCC1. The maximum absolute atomic E-state index is 13.0. The predicted octanol–water partition coefficient (Wildman–Crippen LogP) is 4.35. The molecule has 1 saturated heterocycles. The van der Waals surface area contributed by atoms with Crippen LogP contribution in [0, 0.1) is 12.7 Å². The van der Waals surface area contributed by atoms with E-state index in [1.807, 2.05) is 23.9 Å². The molecule has 1 fully saturated rings. The molecule has 1 N–H and O–H groups in total. The van der Waals surface area contributed by atoms with E-state index in [9.17, 15) is 9.18 Å². The largest absolute Gasteiger partial charge is 0.370 e. The quantitative estimate of drug-likeness (QED) is 0.865. The van der Waals surface area contributed by atoms with Crippen LogP contribution < -0.4 is 10.2 Å². The number of thioether (sulfide) groups is 1. The van der Waals surface area contributed by atoms with Gasteiger partial charge < -0.3 is 15.1 Å². The van der Waals surface area contributed by atoms with E-state index in [1.165, 1.54) is 17.8 Å². The zero-order valence-corrected chi connectivity index (χ0v) is 16.0. The monoisotopic (exact) mass is 373 g/mol. The van der Waals surface area contributed by atoms with E-state index in [4.69, 9.17) is 0 Å². The Morgan fingerprint density at radius 1 is 1.19 bits per heavy atom. The molecule has 0 aromatic heterocycles. The van der Waals surface area contributed by atoms with Crippen molar-refractivity contribution in [1.82, 2.24) is 4.90 Å². The zero-order valence-electron chi connectivity index (χ0n) is 15.2. The Balaban J connectivity index is 1.61. The highest BCUT2D eigenvalue weighted by molar-refractivity contribution is 7.99. The van der Waals surface area contributed by atoms with Gasteiger partial charge in [0.05, 0.1) is 0 Å². The molecule has 0 atom stereocenters. The van der Waals surface area contributed by atoms with Crippen LogP contribution in [0.3, 0.4) is 0 Å². The highest BCUT2D eigenvalue weighted by Crippen LogP contribution is 2.26. The Kier molecular flexibility index (Phi) is 6.04. The van der Waals surface area contributed by atoms with Crippen LogP contribution in [0.4, 0.5) is 20.6 Å². The van der Waals surface area contributed by atoms with E-state index in [1.54, 1.807) is 24.1 Å². The summed E-state index contributed by atoms with van der Waals surface area (Å²) in [6.07, 6.45) is 0. The Bertz CT molecular complexity index is 760. The van der Waals surface area contributed by atoms with Crippen molar-refractivity contribution in [3.63, 3.8) is 0 Å². The van der Waals surface area contributed by atoms with Crippen LogP contribution >= 0.6 is 11.8 Å². The first kappa shape index (κ1) is 18.6. The predicted molar refractivity (Wildman–Crippen MR) is 108 cm³/mol.